The maximum absolute atomic E-state index is 14.9. The third-order valence-corrected chi connectivity index (χ3v) is 9.19. The van der Waals surface area contributed by atoms with E-state index in [1.165, 1.54) is 0 Å². The average molecular weight is 632 g/mol. The summed E-state index contributed by atoms with van der Waals surface area (Å²) >= 11 is 6.27. The minimum Gasteiger partial charge on any atom is -0.382 e. The van der Waals surface area contributed by atoms with E-state index in [2.05, 4.69) is 37.9 Å². The van der Waals surface area contributed by atoms with Crippen LogP contribution in [0.4, 0.5) is 33.2 Å². The van der Waals surface area contributed by atoms with Crippen LogP contribution in [0.2, 0.25) is 5.02 Å². The zero-order valence-corrected chi connectivity index (χ0v) is 25.4. The molecule has 4 aromatic rings. The van der Waals surface area contributed by atoms with Gasteiger partial charge in [0.2, 0.25) is 23.7 Å². The first-order chi connectivity index (χ1) is 21.6. The Morgan fingerprint density at radius 3 is 2.69 bits per heavy atom. The molecule has 3 aliphatic rings. The molecular weight excluding hydrogens is 601 g/mol. The highest BCUT2D eigenvalue weighted by Gasteiger charge is 2.31. The molecule has 3 N–H and O–H groups in total. The summed E-state index contributed by atoms with van der Waals surface area (Å²) in [6, 6.07) is 11.0. The van der Waals surface area contributed by atoms with Crippen LogP contribution in [0.5, 0.6) is 0 Å². The zero-order chi connectivity index (χ0) is 31.4. The second kappa shape index (κ2) is 11.3. The van der Waals surface area contributed by atoms with E-state index in [1.54, 1.807) is 28.9 Å². The van der Waals surface area contributed by atoms with Gasteiger partial charge in [-0.3, -0.25) is 24.4 Å². The number of rotatable bonds is 6. The number of fused-ring (bicyclic) bond motifs is 2. The van der Waals surface area contributed by atoms with Crippen LogP contribution in [0.15, 0.2) is 42.6 Å². The smallest absolute Gasteiger partial charge is 0.251 e. The topological polar surface area (TPSA) is 137 Å². The van der Waals surface area contributed by atoms with Crippen molar-refractivity contribution in [1.29, 1.82) is 0 Å². The predicted octanol–water partition coefficient (Wildman–Crippen LogP) is 4.19. The van der Waals surface area contributed by atoms with E-state index in [9.17, 15) is 18.8 Å². The molecule has 0 radical (unpaired) electrons. The summed E-state index contributed by atoms with van der Waals surface area (Å²) in [5.74, 6) is -0.791. The molecule has 2 aromatic carbocycles. The van der Waals surface area contributed by atoms with Crippen molar-refractivity contribution in [1.82, 2.24) is 25.1 Å². The molecule has 0 bridgehead atoms. The Labute approximate surface area is 262 Å². The largest absolute Gasteiger partial charge is 0.382 e. The summed E-state index contributed by atoms with van der Waals surface area (Å²) in [7, 11) is 1.74. The fourth-order valence-corrected chi connectivity index (χ4v) is 6.51. The van der Waals surface area contributed by atoms with E-state index >= 15 is 0 Å². The summed E-state index contributed by atoms with van der Waals surface area (Å²) in [4.78, 5) is 48.2. The molecule has 0 saturated carbocycles. The van der Waals surface area contributed by atoms with Crippen molar-refractivity contribution in [3.05, 3.63) is 59.1 Å². The lowest BCUT2D eigenvalue weighted by Gasteiger charge is -2.38. The van der Waals surface area contributed by atoms with Gasteiger partial charge in [0.15, 0.2) is 5.82 Å². The molecule has 45 heavy (non-hydrogen) atoms. The Morgan fingerprint density at radius 1 is 1.07 bits per heavy atom. The first-order valence-electron chi connectivity index (χ1n) is 14.9. The second-order valence-corrected chi connectivity index (χ2v) is 12.2. The average Bonchev–Trinajstić information content (AvgIpc) is 3.55. The Hall–Kier alpha value is -4.78. The molecule has 12 nitrogen and oxygen atoms in total. The third kappa shape index (κ3) is 5.41. The Morgan fingerprint density at radius 2 is 1.89 bits per heavy atom. The molecule has 0 spiro atoms. The molecule has 3 amide bonds. The summed E-state index contributed by atoms with van der Waals surface area (Å²) in [6.07, 6.45) is 3.51. The number of hydrogen-bond acceptors (Lipinski definition) is 9. The van der Waals surface area contributed by atoms with Gasteiger partial charge in [0.25, 0.3) is 5.91 Å². The van der Waals surface area contributed by atoms with Gasteiger partial charge in [-0.25, -0.2) is 0 Å². The van der Waals surface area contributed by atoms with Crippen LogP contribution >= 0.6 is 11.6 Å². The molecule has 232 valence electrons. The summed E-state index contributed by atoms with van der Waals surface area (Å²) in [5.41, 5.74) is 4.13. The number of piperidine rings is 2. The molecule has 2 saturated heterocycles. The number of hydrogen-bond donors (Lipinski definition) is 3. The van der Waals surface area contributed by atoms with Crippen molar-refractivity contribution in [3.63, 3.8) is 0 Å². The van der Waals surface area contributed by atoms with E-state index in [0.717, 1.165) is 34.3 Å². The van der Waals surface area contributed by atoms with Crippen LogP contribution in [0, 0.1) is 11.9 Å². The van der Waals surface area contributed by atoms with E-state index < -0.39 is 12.0 Å². The van der Waals surface area contributed by atoms with Gasteiger partial charge in [0.1, 0.15) is 11.1 Å². The van der Waals surface area contributed by atoms with Crippen molar-refractivity contribution >= 4 is 69.1 Å². The van der Waals surface area contributed by atoms with E-state index in [4.69, 9.17) is 11.6 Å². The van der Waals surface area contributed by atoms with Crippen LogP contribution in [0.3, 0.4) is 0 Å². The summed E-state index contributed by atoms with van der Waals surface area (Å²) < 4.78 is 16.6. The molecule has 3 aliphatic heterocycles. The maximum Gasteiger partial charge on any atom is 0.251 e. The van der Waals surface area contributed by atoms with Gasteiger partial charge < -0.3 is 20.4 Å². The van der Waals surface area contributed by atoms with Gasteiger partial charge in [-0.2, -0.15) is 19.5 Å². The highest BCUT2D eigenvalue weighted by Crippen LogP contribution is 2.34. The second-order valence-electron chi connectivity index (χ2n) is 11.9. The van der Waals surface area contributed by atoms with E-state index in [1.807, 2.05) is 35.2 Å². The van der Waals surface area contributed by atoms with Crippen molar-refractivity contribution in [3.8, 4) is 0 Å². The lowest BCUT2D eigenvalue weighted by atomic mass is 9.93. The standard InChI is InChI=1S/C31H31ClFN9O3/c1-16-15-41(31-38-28(33)27(32)29(39-31)36-20-3-5-22-17(11-20)13-26(44)40(22)2)10-9-21(16)35-19-4-6-23-18(12-19)14-34-42(23)24-7-8-25(43)37-30(24)45/h3-6,11-12,14,16,21,24,35H,7-10,13,15H2,1-2H3,(H,36,38,39)(H,37,43,45)/t16-,21-,24?/m1/s1. The maximum atomic E-state index is 14.9. The highest BCUT2D eigenvalue weighted by molar-refractivity contribution is 6.33. The minimum absolute atomic E-state index is 0.0176. The SMILES string of the molecule is C[C@@H]1CN(c2nc(F)c(Cl)c(Nc3ccc4c(c3)CC(=O)N4C)n2)CC[C@H]1Nc1ccc2c(cnn2C2CCC(=O)NC2=O)c1. The summed E-state index contributed by atoms with van der Waals surface area (Å²) in [6.45, 7) is 3.32. The molecule has 5 heterocycles. The van der Waals surface area contributed by atoms with Crippen molar-refractivity contribution in [2.45, 2.75) is 44.7 Å². The Balaban J connectivity index is 1.03. The number of likely N-dealkylation sites (N-methyl/N-ethyl adjacent to an activating group) is 1. The van der Waals surface area contributed by atoms with Gasteiger partial charge >= 0.3 is 0 Å². The lowest BCUT2D eigenvalue weighted by molar-refractivity contribution is -0.135. The van der Waals surface area contributed by atoms with Gasteiger partial charge in [0, 0.05) is 55.0 Å². The number of amides is 3. The monoisotopic (exact) mass is 631 g/mol. The van der Waals surface area contributed by atoms with Crippen molar-refractivity contribution in [2.24, 2.45) is 5.92 Å². The Bertz CT molecular complexity index is 1860. The number of halogens is 2. The van der Waals surface area contributed by atoms with E-state index in [-0.39, 0.29) is 52.9 Å². The normalized spacial score (nSPS) is 21.7. The Kier molecular flexibility index (Phi) is 7.27. The molecule has 2 fully saturated rings. The lowest BCUT2D eigenvalue weighted by Crippen LogP contribution is -2.46. The van der Waals surface area contributed by atoms with Gasteiger partial charge in [-0.1, -0.05) is 18.5 Å². The van der Waals surface area contributed by atoms with Crippen LogP contribution in [-0.2, 0) is 20.8 Å². The minimum atomic E-state index is -0.806. The zero-order valence-electron chi connectivity index (χ0n) is 24.7. The fourth-order valence-electron chi connectivity index (χ4n) is 6.38. The number of benzene rings is 2. The van der Waals surface area contributed by atoms with Crippen LogP contribution < -0.4 is 25.8 Å². The molecule has 7 rings (SSSR count). The van der Waals surface area contributed by atoms with Gasteiger partial charge in [-0.15, -0.1) is 0 Å². The number of carbonyl (C=O) groups excluding carboxylic acids is 3. The number of anilines is 5. The summed E-state index contributed by atoms with van der Waals surface area (Å²) in [5, 5.41) is 14.3. The molecule has 3 atom stereocenters. The van der Waals surface area contributed by atoms with E-state index in [0.29, 0.717) is 31.6 Å². The molecule has 0 aliphatic carbocycles. The van der Waals surface area contributed by atoms with Gasteiger partial charge in [0.05, 0.1) is 18.1 Å². The molecule has 2 aromatic heterocycles. The van der Waals surface area contributed by atoms with Crippen LogP contribution in [0.25, 0.3) is 10.9 Å². The van der Waals surface area contributed by atoms with Crippen molar-refractivity contribution < 1.29 is 18.8 Å². The number of nitrogens with zero attached hydrogens (tertiary/aromatic N) is 6. The van der Waals surface area contributed by atoms with Gasteiger partial charge in [-0.05, 0) is 60.7 Å². The highest BCUT2D eigenvalue weighted by atomic mass is 35.5. The quantitative estimate of drug-likeness (QED) is 0.211. The predicted molar refractivity (Wildman–Crippen MR) is 168 cm³/mol. The first kappa shape index (κ1) is 29.0. The van der Waals surface area contributed by atoms with Crippen LogP contribution in [-0.4, -0.2) is 63.6 Å². The molecular formula is C31H31ClFN9O3. The molecule has 14 heteroatoms. The molecule has 1 unspecified atom stereocenters. The third-order valence-electron chi connectivity index (χ3n) is 8.86. The fraction of sp³-hybridized carbons (Fsp3) is 0.355. The number of nitrogens with one attached hydrogen (secondary N) is 3. The van der Waals surface area contributed by atoms with Crippen molar-refractivity contribution in [2.75, 3.05) is 40.6 Å². The number of carbonyl (C=O) groups is 3. The number of imide groups is 1. The first-order valence-corrected chi connectivity index (χ1v) is 15.2. The van der Waals surface area contributed by atoms with Crippen LogP contribution in [0.1, 0.15) is 37.8 Å². The number of aromatic nitrogens is 4.